The summed E-state index contributed by atoms with van der Waals surface area (Å²) < 4.78 is 14.1. The fourth-order valence-electron chi connectivity index (χ4n) is 2.57. The number of aromatic nitrogens is 2. The van der Waals surface area contributed by atoms with Gasteiger partial charge >= 0.3 is 0 Å². The number of aryl methyl sites for hydroxylation is 1. The number of carbonyl (C=O) groups is 1. The van der Waals surface area contributed by atoms with Gasteiger partial charge in [0.15, 0.2) is 11.6 Å². The van der Waals surface area contributed by atoms with Crippen LogP contribution in [0.5, 0.6) is 0 Å². The molecule has 3 N–H and O–H groups in total. The van der Waals surface area contributed by atoms with Crippen molar-refractivity contribution < 1.29 is 9.18 Å². The van der Waals surface area contributed by atoms with E-state index in [-0.39, 0.29) is 23.7 Å². The van der Waals surface area contributed by atoms with Gasteiger partial charge in [-0.2, -0.15) is 0 Å². The van der Waals surface area contributed by atoms with Crippen molar-refractivity contribution >= 4 is 11.7 Å². The van der Waals surface area contributed by atoms with Gasteiger partial charge < -0.3 is 11.1 Å². The molecule has 5 nitrogen and oxygen atoms in total. The third-order valence-electron chi connectivity index (χ3n) is 3.65. The number of hydrogen-bond acceptors (Lipinski definition) is 4. The summed E-state index contributed by atoms with van der Waals surface area (Å²) >= 11 is 0. The van der Waals surface area contributed by atoms with E-state index in [0.29, 0.717) is 12.1 Å². The van der Waals surface area contributed by atoms with Crippen molar-refractivity contribution in [3.05, 3.63) is 17.8 Å². The summed E-state index contributed by atoms with van der Waals surface area (Å²) in [5, 5.41) is 3.03. The molecular weight excluding hydrogens is 247 g/mol. The Morgan fingerprint density at radius 1 is 1.47 bits per heavy atom. The van der Waals surface area contributed by atoms with Crippen LogP contribution in [-0.2, 0) is 11.2 Å². The van der Waals surface area contributed by atoms with Gasteiger partial charge in [-0.25, -0.2) is 14.4 Å². The van der Waals surface area contributed by atoms with E-state index < -0.39 is 5.82 Å². The van der Waals surface area contributed by atoms with Crippen LogP contribution < -0.4 is 11.1 Å². The maximum absolute atomic E-state index is 14.1. The number of halogens is 1. The van der Waals surface area contributed by atoms with E-state index in [4.69, 9.17) is 5.73 Å². The number of anilines is 1. The van der Waals surface area contributed by atoms with Crippen molar-refractivity contribution in [3.63, 3.8) is 0 Å². The topological polar surface area (TPSA) is 80.9 Å². The Morgan fingerprint density at radius 3 is 2.89 bits per heavy atom. The monoisotopic (exact) mass is 266 g/mol. The molecule has 104 valence electrons. The highest BCUT2D eigenvalue weighted by Gasteiger charge is 2.30. The SMILES string of the molecule is CCc1ncnc(N[C@@H]2CCCC[C@@H]2C(N)=O)c1F. The van der Waals surface area contributed by atoms with Crippen molar-refractivity contribution in [2.24, 2.45) is 11.7 Å². The fraction of sp³-hybridized carbons (Fsp3) is 0.615. The highest BCUT2D eigenvalue weighted by atomic mass is 19.1. The predicted molar refractivity (Wildman–Crippen MR) is 69.9 cm³/mol. The van der Waals surface area contributed by atoms with Crippen molar-refractivity contribution in [1.82, 2.24) is 9.97 Å². The number of nitrogens with two attached hydrogens (primary N) is 1. The Balaban J connectivity index is 2.17. The minimum atomic E-state index is -0.432. The molecule has 0 bridgehead atoms. The van der Waals surface area contributed by atoms with Gasteiger partial charge in [-0.3, -0.25) is 4.79 Å². The fourth-order valence-corrected chi connectivity index (χ4v) is 2.57. The second-order valence-electron chi connectivity index (χ2n) is 4.88. The average Bonchev–Trinajstić information content (AvgIpc) is 2.41. The molecule has 1 aromatic heterocycles. The zero-order valence-corrected chi connectivity index (χ0v) is 11.0. The summed E-state index contributed by atoms with van der Waals surface area (Å²) in [5.41, 5.74) is 5.78. The van der Waals surface area contributed by atoms with Crippen LogP contribution in [0.2, 0.25) is 0 Å². The maximum atomic E-state index is 14.1. The molecule has 6 heteroatoms. The lowest BCUT2D eigenvalue weighted by molar-refractivity contribution is -0.122. The standard InChI is InChI=1S/C13H19FN4O/c1-2-9-11(14)13(17-7-16-9)18-10-6-4-3-5-8(10)12(15)19/h7-8,10H,2-6H2,1H3,(H2,15,19)(H,16,17,18)/t8-,10+/m0/s1. The van der Waals surface area contributed by atoms with Crippen molar-refractivity contribution in [1.29, 1.82) is 0 Å². The first-order chi connectivity index (χ1) is 9.13. The summed E-state index contributed by atoms with van der Waals surface area (Å²) in [4.78, 5) is 19.2. The highest BCUT2D eigenvalue weighted by molar-refractivity contribution is 5.78. The Hall–Kier alpha value is -1.72. The summed E-state index contributed by atoms with van der Waals surface area (Å²) in [6.45, 7) is 1.84. The first-order valence-corrected chi connectivity index (χ1v) is 6.68. The second-order valence-corrected chi connectivity index (χ2v) is 4.88. The zero-order chi connectivity index (χ0) is 13.8. The highest BCUT2D eigenvalue weighted by Crippen LogP contribution is 2.27. The smallest absolute Gasteiger partial charge is 0.222 e. The second kappa shape index (κ2) is 5.95. The number of carbonyl (C=O) groups excluding carboxylic acids is 1. The molecule has 0 saturated heterocycles. The van der Waals surface area contributed by atoms with Gasteiger partial charge in [-0.05, 0) is 19.3 Å². The van der Waals surface area contributed by atoms with E-state index in [1.54, 1.807) is 0 Å². The van der Waals surface area contributed by atoms with Gasteiger partial charge in [0.2, 0.25) is 5.91 Å². The van der Waals surface area contributed by atoms with Crippen molar-refractivity contribution in [2.45, 2.75) is 45.1 Å². The van der Waals surface area contributed by atoms with Gasteiger partial charge in [0.25, 0.3) is 0 Å². The van der Waals surface area contributed by atoms with Crippen LogP contribution in [0.1, 0.15) is 38.3 Å². The molecule has 2 atom stereocenters. The van der Waals surface area contributed by atoms with Gasteiger partial charge in [0, 0.05) is 6.04 Å². The third-order valence-corrected chi connectivity index (χ3v) is 3.65. The molecule has 0 aliphatic heterocycles. The van der Waals surface area contributed by atoms with Crippen LogP contribution in [-0.4, -0.2) is 21.9 Å². The number of amides is 1. The number of nitrogens with one attached hydrogen (secondary N) is 1. The Kier molecular flexibility index (Phi) is 4.29. The predicted octanol–water partition coefficient (Wildman–Crippen LogP) is 1.63. The van der Waals surface area contributed by atoms with Crippen LogP contribution in [0.4, 0.5) is 10.2 Å². The lowest BCUT2D eigenvalue weighted by atomic mass is 9.84. The maximum Gasteiger partial charge on any atom is 0.222 e. The van der Waals surface area contributed by atoms with Crippen LogP contribution in [0.25, 0.3) is 0 Å². The minimum Gasteiger partial charge on any atom is -0.369 e. The molecule has 1 saturated carbocycles. The molecule has 1 aromatic rings. The van der Waals surface area contributed by atoms with Gasteiger partial charge in [-0.15, -0.1) is 0 Å². The number of hydrogen-bond donors (Lipinski definition) is 2. The molecule has 1 fully saturated rings. The van der Waals surface area contributed by atoms with Gasteiger partial charge in [0.1, 0.15) is 6.33 Å². The Bertz CT molecular complexity index is 466. The normalized spacial score (nSPS) is 23.1. The Labute approximate surface area is 111 Å². The first-order valence-electron chi connectivity index (χ1n) is 6.68. The van der Waals surface area contributed by atoms with Gasteiger partial charge in [-0.1, -0.05) is 19.8 Å². The lowest BCUT2D eigenvalue weighted by Crippen LogP contribution is -2.40. The molecule has 0 spiro atoms. The minimum absolute atomic E-state index is 0.139. The molecule has 0 unspecified atom stereocenters. The number of primary amides is 1. The summed E-state index contributed by atoms with van der Waals surface area (Å²) in [5.74, 6) is -0.848. The van der Waals surface area contributed by atoms with E-state index in [0.717, 1.165) is 25.7 Å². The Morgan fingerprint density at radius 2 is 2.21 bits per heavy atom. The molecule has 19 heavy (non-hydrogen) atoms. The average molecular weight is 266 g/mol. The van der Waals surface area contributed by atoms with E-state index in [9.17, 15) is 9.18 Å². The van der Waals surface area contributed by atoms with E-state index >= 15 is 0 Å². The molecule has 0 aromatic carbocycles. The molecule has 1 amide bonds. The van der Waals surface area contributed by atoms with Gasteiger partial charge in [0.05, 0.1) is 11.6 Å². The molecule has 1 aliphatic carbocycles. The quantitative estimate of drug-likeness (QED) is 0.868. The van der Waals surface area contributed by atoms with E-state index in [1.807, 2.05) is 6.92 Å². The van der Waals surface area contributed by atoms with Crippen LogP contribution in [0.15, 0.2) is 6.33 Å². The van der Waals surface area contributed by atoms with E-state index in [2.05, 4.69) is 15.3 Å². The summed E-state index contributed by atoms with van der Waals surface area (Å²) in [7, 11) is 0. The van der Waals surface area contributed by atoms with E-state index in [1.165, 1.54) is 6.33 Å². The van der Waals surface area contributed by atoms with Crippen molar-refractivity contribution in [2.75, 3.05) is 5.32 Å². The first kappa shape index (κ1) is 13.7. The zero-order valence-electron chi connectivity index (χ0n) is 11.0. The molecule has 0 radical (unpaired) electrons. The molecule has 1 aliphatic rings. The largest absolute Gasteiger partial charge is 0.369 e. The molecular formula is C13H19FN4O. The summed E-state index contributed by atoms with van der Waals surface area (Å²) in [6.07, 6.45) is 5.39. The number of rotatable bonds is 4. The third kappa shape index (κ3) is 3.00. The lowest BCUT2D eigenvalue weighted by Gasteiger charge is -2.30. The van der Waals surface area contributed by atoms with Crippen molar-refractivity contribution in [3.8, 4) is 0 Å². The van der Waals surface area contributed by atoms with Crippen LogP contribution >= 0.6 is 0 Å². The summed E-state index contributed by atoms with van der Waals surface area (Å²) in [6, 6.07) is -0.139. The van der Waals surface area contributed by atoms with Crippen LogP contribution in [0.3, 0.4) is 0 Å². The molecule has 2 rings (SSSR count). The van der Waals surface area contributed by atoms with Crippen LogP contribution in [0, 0.1) is 11.7 Å². The molecule has 1 heterocycles. The number of nitrogens with zero attached hydrogens (tertiary/aromatic N) is 2.